The van der Waals surface area contributed by atoms with Crippen molar-refractivity contribution in [3.8, 4) is 0 Å². The van der Waals surface area contributed by atoms with Crippen molar-refractivity contribution in [1.82, 2.24) is 4.98 Å². The molecule has 1 aromatic heterocycles. The summed E-state index contributed by atoms with van der Waals surface area (Å²) in [6.45, 7) is 1.77. The average Bonchev–Trinajstić information content (AvgIpc) is 2.41. The number of halogens is 2. The third-order valence-electron chi connectivity index (χ3n) is 2.74. The van der Waals surface area contributed by atoms with E-state index >= 15 is 0 Å². The highest BCUT2D eigenvalue weighted by Crippen LogP contribution is 2.26. The molecule has 4 heteroatoms. The van der Waals surface area contributed by atoms with Crippen LogP contribution in [-0.4, -0.2) is 10.8 Å². The summed E-state index contributed by atoms with van der Waals surface area (Å²) < 4.78 is 13.6. The van der Waals surface area contributed by atoms with Crippen LogP contribution in [0.5, 0.6) is 0 Å². The lowest BCUT2D eigenvalue weighted by Gasteiger charge is -2.11. The third-order valence-corrected chi connectivity index (χ3v) is 3.55. The van der Waals surface area contributed by atoms with Crippen molar-refractivity contribution >= 4 is 21.7 Å². The molecule has 0 saturated carbocycles. The normalized spacial score (nSPS) is 12.2. The zero-order valence-corrected chi connectivity index (χ0v) is 11.3. The highest BCUT2D eigenvalue weighted by molar-refractivity contribution is 9.10. The van der Waals surface area contributed by atoms with Crippen molar-refractivity contribution in [3.63, 3.8) is 0 Å². The summed E-state index contributed by atoms with van der Waals surface area (Å²) in [6, 6.07) is 9.85. The summed E-state index contributed by atoms with van der Waals surface area (Å²) in [5.74, 6) is -0.988. The quantitative estimate of drug-likeness (QED) is 0.803. The Balaban J connectivity index is 2.35. The molecule has 1 unspecified atom stereocenters. The maximum Gasteiger partial charge on any atom is 0.172 e. The number of ketones is 1. The lowest BCUT2D eigenvalue weighted by Crippen LogP contribution is -2.12. The fraction of sp³-hybridized carbons (Fsp3) is 0.143. The molecule has 92 valence electrons. The van der Waals surface area contributed by atoms with Gasteiger partial charge in [-0.05, 0) is 41.1 Å². The summed E-state index contributed by atoms with van der Waals surface area (Å²) in [5, 5.41) is 0. The first kappa shape index (κ1) is 12.9. The Labute approximate surface area is 113 Å². The van der Waals surface area contributed by atoms with E-state index in [2.05, 4.69) is 20.9 Å². The van der Waals surface area contributed by atoms with Crippen LogP contribution in [0.3, 0.4) is 0 Å². The van der Waals surface area contributed by atoms with Gasteiger partial charge in [-0.1, -0.05) is 18.2 Å². The van der Waals surface area contributed by atoms with Crippen LogP contribution in [0.4, 0.5) is 4.39 Å². The van der Waals surface area contributed by atoms with Crippen LogP contribution in [0.25, 0.3) is 0 Å². The molecule has 1 aromatic carbocycles. The predicted molar refractivity (Wildman–Crippen MR) is 71.1 cm³/mol. The number of rotatable bonds is 3. The Morgan fingerprint density at radius 1 is 1.28 bits per heavy atom. The number of hydrogen-bond acceptors (Lipinski definition) is 2. The van der Waals surface area contributed by atoms with Crippen LogP contribution < -0.4 is 0 Å². The van der Waals surface area contributed by atoms with Gasteiger partial charge in [0.2, 0.25) is 0 Å². The van der Waals surface area contributed by atoms with Gasteiger partial charge in [-0.3, -0.25) is 9.78 Å². The fourth-order valence-corrected chi connectivity index (χ4v) is 2.15. The Morgan fingerprint density at radius 2 is 2.06 bits per heavy atom. The minimum absolute atomic E-state index is 0.153. The van der Waals surface area contributed by atoms with Gasteiger partial charge in [0.15, 0.2) is 5.78 Å². The monoisotopic (exact) mass is 307 g/mol. The summed E-state index contributed by atoms with van der Waals surface area (Å²) in [5.41, 5.74) is 1.02. The van der Waals surface area contributed by atoms with Gasteiger partial charge in [-0.15, -0.1) is 0 Å². The summed E-state index contributed by atoms with van der Waals surface area (Å²) in [6.07, 6.45) is 1.64. The second-order valence-corrected chi connectivity index (χ2v) is 4.73. The number of carbonyl (C=O) groups excluding carboxylic acids is 1. The number of benzene rings is 1. The molecule has 0 radical (unpaired) electrons. The zero-order valence-electron chi connectivity index (χ0n) is 9.73. The van der Waals surface area contributed by atoms with Crippen molar-refractivity contribution < 1.29 is 9.18 Å². The van der Waals surface area contributed by atoms with Crippen LogP contribution in [0.15, 0.2) is 47.1 Å². The molecular weight excluding hydrogens is 297 g/mol. The van der Waals surface area contributed by atoms with Crippen LogP contribution in [-0.2, 0) is 0 Å². The first-order valence-corrected chi connectivity index (χ1v) is 6.29. The lowest BCUT2D eigenvalue weighted by molar-refractivity contribution is 0.0963. The molecule has 18 heavy (non-hydrogen) atoms. The van der Waals surface area contributed by atoms with E-state index in [1.807, 2.05) is 6.07 Å². The molecule has 1 atom stereocenters. The minimum atomic E-state index is -0.436. The average molecular weight is 308 g/mol. The molecule has 1 heterocycles. The number of pyridine rings is 1. The van der Waals surface area contributed by atoms with Crippen molar-refractivity contribution in [2.45, 2.75) is 12.8 Å². The van der Waals surface area contributed by atoms with Gasteiger partial charge in [0, 0.05) is 11.8 Å². The first-order chi connectivity index (χ1) is 8.61. The number of Topliss-reactive ketones (excluding diaryl/α,β-unsaturated/α-hetero) is 1. The van der Waals surface area contributed by atoms with Gasteiger partial charge in [0.25, 0.3) is 0 Å². The minimum Gasteiger partial charge on any atom is -0.293 e. The first-order valence-electron chi connectivity index (χ1n) is 5.50. The van der Waals surface area contributed by atoms with E-state index in [9.17, 15) is 9.18 Å². The topological polar surface area (TPSA) is 30.0 Å². The molecule has 0 spiro atoms. The number of carbonyl (C=O) groups is 1. The van der Waals surface area contributed by atoms with Gasteiger partial charge >= 0.3 is 0 Å². The van der Waals surface area contributed by atoms with Crippen molar-refractivity contribution in [1.29, 1.82) is 0 Å². The van der Waals surface area contributed by atoms with Gasteiger partial charge in [-0.2, -0.15) is 0 Å². The lowest BCUT2D eigenvalue weighted by atomic mass is 9.96. The van der Waals surface area contributed by atoms with Crippen molar-refractivity contribution in [3.05, 3.63) is 64.1 Å². The molecule has 0 bridgehead atoms. The molecule has 0 fully saturated rings. The Hall–Kier alpha value is -1.55. The van der Waals surface area contributed by atoms with Crippen molar-refractivity contribution in [2.24, 2.45) is 0 Å². The third kappa shape index (κ3) is 2.48. The molecule has 0 saturated heterocycles. The standard InChI is InChI=1S/C14H11BrFNO/c1-9(12-7-2-3-8-17-12)14(18)10-5-4-6-11(16)13(10)15/h2-9H,1H3. The summed E-state index contributed by atoms with van der Waals surface area (Å²) in [7, 11) is 0. The zero-order chi connectivity index (χ0) is 13.1. The Kier molecular flexibility index (Phi) is 3.87. The van der Waals surface area contributed by atoms with E-state index < -0.39 is 11.7 Å². The molecule has 0 amide bonds. The van der Waals surface area contributed by atoms with Gasteiger partial charge < -0.3 is 0 Å². The van der Waals surface area contributed by atoms with Crippen molar-refractivity contribution in [2.75, 3.05) is 0 Å². The van der Waals surface area contributed by atoms with E-state index in [0.717, 1.165) is 0 Å². The molecule has 0 N–H and O–H groups in total. The molecule has 0 aliphatic carbocycles. The number of aromatic nitrogens is 1. The van der Waals surface area contributed by atoms with Gasteiger partial charge in [-0.25, -0.2) is 4.39 Å². The van der Waals surface area contributed by atoms with E-state index in [1.54, 1.807) is 31.3 Å². The van der Waals surface area contributed by atoms with Crippen LogP contribution in [0.2, 0.25) is 0 Å². The largest absolute Gasteiger partial charge is 0.293 e. The summed E-state index contributed by atoms with van der Waals surface area (Å²) in [4.78, 5) is 16.4. The van der Waals surface area contributed by atoms with Gasteiger partial charge in [0.1, 0.15) is 5.82 Å². The highest BCUT2D eigenvalue weighted by Gasteiger charge is 2.21. The van der Waals surface area contributed by atoms with Gasteiger partial charge in [0.05, 0.1) is 16.1 Å². The second-order valence-electron chi connectivity index (χ2n) is 3.94. The molecule has 2 rings (SSSR count). The maximum absolute atomic E-state index is 13.4. The van der Waals surface area contributed by atoms with E-state index in [1.165, 1.54) is 12.1 Å². The molecule has 0 aliphatic heterocycles. The Morgan fingerprint density at radius 3 is 2.72 bits per heavy atom. The molecular formula is C14H11BrFNO. The van der Waals surface area contributed by atoms with E-state index in [4.69, 9.17) is 0 Å². The number of nitrogens with zero attached hydrogens (tertiary/aromatic N) is 1. The molecule has 2 aromatic rings. The smallest absolute Gasteiger partial charge is 0.172 e. The van der Waals surface area contributed by atoms with Crippen LogP contribution in [0, 0.1) is 5.82 Å². The number of hydrogen-bond donors (Lipinski definition) is 0. The predicted octanol–water partition coefficient (Wildman–Crippen LogP) is 3.97. The van der Waals surface area contributed by atoms with E-state index in [0.29, 0.717) is 11.3 Å². The van der Waals surface area contributed by atoms with Crippen LogP contribution >= 0.6 is 15.9 Å². The molecule has 0 aliphatic rings. The Bertz CT molecular complexity index is 571. The SMILES string of the molecule is CC(C(=O)c1cccc(F)c1Br)c1ccccn1. The molecule has 2 nitrogen and oxygen atoms in total. The summed E-state index contributed by atoms with van der Waals surface area (Å²) >= 11 is 3.11. The van der Waals surface area contributed by atoms with E-state index in [-0.39, 0.29) is 10.3 Å². The second kappa shape index (κ2) is 5.40. The highest BCUT2D eigenvalue weighted by atomic mass is 79.9. The fourth-order valence-electron chi connectivity index (χ4n) is 1.69. The maximum atomic E-state index is 13.4. The van der Waals surface area contributed by atoms with Crippen LogP contribution in [0.1, 0.15) is 28.9 Å².